The summed E-state index contributed by atoms with van der Waals surface area (Å²) in [4.78, 5) is 0.191. The Kier molecular flexibility index (Phi) is 4.81. The van der Waals surface area contributed by atoms with Gasteiger partial charge in [-0.1, -0.05) is 45.8 Å². The topological polar surface area (TPSA) is 57.9 Å². The maximum atomic E-state index is 12.5. The van der Waals surface area contributed by atoms with E-state index >= 15 is 0 Å². The van der Waals surface area contributed by atoms with Gasteiger partial charge in [-0.15, -0.1) is 0 Å². The average molecular weight is 364 g/mol. The van der Waals surface area contributed by atoms with Crippen molar-refractivity contribution >= 4 is 25.8 Å². The molecule has 2 rings (SSSR count). The largest absolute Gasteiger partial charge is 0.222 e. The molecule has 0 aliphatic carbocycles. The van der Waals surface area contributed by atoms with Gasteiger partial charge in [-0.25, -0.2) is 8.42 Å². The van der Waals surface area contributed by atoms with Crippen molar-refractivity contribution in [1.29, 1.82) is 5.26 Å². The summed E-state index contributed by atoms with van der Waals surface area (Å²) in [5.41, 5.74) is 1.80. The van der Waals surface area contributed by atoms with Crippen LogP contribution in [-0.4, -0.2) is 13.7 Å². The van der Waals surface area contributed by atoms with E-state index in [4.69, 9.17) is 0 Å². The van der Waals surface area contributed by atoms with Gasteiger partial charge in [-0.05, 0) is 36.8 Å². The third kappa shape index (κ3) is 3.72. The second kappa shape index (κ2) is 6.42. The summed E-state index contributed by atoms with van der Waals surface area (Å²) in [7, 11) is -3.65. The van der Waals surface area contributed by atoms with Crippen LogP contribution in [0.15, 0.2) is 57.9 Å². The van der Waals surface area contributed by atoms with E-state index in [-0.39, 0.29) is 11.3 Å². The molecular weight excluding hydrogens is 350 g/mol. The van der Waals surface area contributed by atoms with Gasteiger partial charge in [0.1, 0.15) is 0 Å². The zero-order valence-corrected chi connectivity index (χ0v) is 13.9. The van der Waals surface area contributed by atoms with Crippen molar-refractivity contribution in [1.82, 2.24) is 0 Å². The van der Waals surface area contributed by atoms with Crippen molar-refractivity contribution in [2.24, 2.45) is 0 Å². The van der Waals surface area contributed by atoms with Crippen molar-refractivity contribution in [3.63, 3.8) is 0 Å². The molecule has 2 aromatic carbocycles. The summed E-state index contributed by atoms with van der Waals surface area (Å²) < 4.78 is 25.9. The molecule has 0 saturated heterocycles. The molecular formula is C16H14BrNO2S. The highest BCUT2D eigenvalue weighted by molar-refractivity contribution is 9.10. The van der Waals surface area contributed by atoms with Crippen molar-refractivity contribution in [2.75, 3.05) is 0 Å². The fourth-order valence-electron chi connectivity index (χ4n) is 1.95. The maximum Gasteiger partial charge on any atom is 0.194 e. The molecule has 0 bridgehead atoms. The van der Waals surface area contributed by atoms with E-state index in [1.54, 1.807) is 24.3 Å². The van der Waals surface area contributed by atoms with Crippen molar-refractivity contribution in [3.05, 3.63) is 64.1 Å². The Hall–Kier alpha value is -1.64. The van der Waals surface area contributed by atoms with E-state index < -0.39 is 15.1 Å². The first-order valence-electron chi connectivity index (χ1n) is 6.38. The molecule has 0 fully saturated rings. The molecule has 0 spiro atoms. The molecule has 3 nitrogen and oxygen atoms in total. The Morgan fingerprint density at radius 3 is 2.19 bits per heavy atom. The van der Waals surface area contributed by atoms with Crippen LogP contribution in [0.2, 0.25) is 0 Å². The van der Waals surface area contributed by atoms with Gasteiger partial charge in [0.15, 0.2) is 15.1 Å². The predicted octanol–water partition coefficient (Wildman–Crippen LogP) is 3.67. The molecule has 0 aliphatic rings. The number of aryl methyl sites for hydroxylation is 1. The van der Waals surface area contributed by atoms with Gasteiger partial charge < -0.3 is 0 Å². The molecule has 0 N–H and O–H groups in total. The van der Waals surface area contributed by atoms with Crippen LogP contribution in [0.25, 0.3) is 0 Å². The van der Waals surface area contributed by atoms with Crippen LogP contribution in [0.1, 0.15) is 11.1 Å². The van der Waals surface area contributed by atoms with Gasteiger partial charge in [-0.3, -0.25) is 0 Å². The molecule has 0 heterocycles. The van der Waals surface area contributed by atoms with Gasteiger partial charge in [0.25, 0.3) is 0 Å². The van der Waals surface area contributed by atoms with Gasteiger partial charge in [0.05, 0.1) is 11.0 Å². The fraction of sp³-hybridized carbons (Fsp3) is 0.188. The van der Waals surface area contributed by atoms with Gasteiger partial charge in [0, 0.05) is 10.9 Å². The minimum atomic E-state index is -3.65. The number of rotatable bonds is 4. The van der Waals surface area contributed by atoms with Crippen LogP contribution in [0, 0.1) is 18.3 Å². The Morgan fingerprint density at radius 2 is 1.67 bits per heavy atom. The highest BCUT2D eigenvalue weighted by atomic mass is 79.9. The van der Waals surface area contributed by atoms with Crippen LogP contribution in [0.5, 0.6) is 0 Å². The highest BCUT2D eigenvalue weighted by Gasteiger charge is 2.27. The second-order valence-corrected chi connectivity index (χ2v) is 7.85. The van der Waals surface area contributed by atoms with E-state index in [9.17, 15) is 13.7 Å². The molecule has 0 aliphatic heterocycles. The van der Waals surface area contributed by atoms with Crippen LogP contribution in [0.4, 0.5) is 0 Å². The number of nitrogens with zero attached hydrogens (tertiary/aromatic N) is 1. The molecule has 108 valence electrons. The van der Waals surface area contributed by atoms with Crippen LogP contribution < -0.4 is 0 Å². The SMILES string of the molecule is Cc1ccc(S(=O)(=O)C(C#N)Cc2ccc(Br)cc2)cc1. The van der Waals surface area contributed by atoms with Gasteiger partial charge >= 0.3 is 0 Å². The van der Waals surface area contributed by atoms with E-state index in [2.05, 4.69) is 15.9 Å². The van der Waals surface area contributed by atoms with E-state index in [0.717, 1.165) is 15.6 Å². The van der Waals surface area contributed by atoms with Gasteiger partial charge in [0.2, 0.25) is 0 Å². The Labute approximate surface area is 133 Å². The normalized spacial score (nSPS) is 12.6. The first kappa shape index (κ1) is 15.7. The lowest BCUT2D eigenvalue weighted by atomic mass is 10.1. The molecule has 2 aromatic rings. The number of sulfone groups is 1. The summed E-state index contributed by atoms with van der Waals surface area (Å²) in [5.74, 6) is 0. The quantitative estimate of drug-likeness (QED) is 0.832. The van der Waals surface area contributed by atoms with Crippen LogP contribution in [0.3, 0.4) is 0 Å². The minimum absolute atomic E-state index is 0.181. The van der Waals surface area contributed by atoms with Crippen LogP contribution >= 0.6 is 15.9 Å². The standard InChI is InChI=1S/C16H14BrNO2S/c1-12-2-8-15(9-3-12)21(19,20)16(11-18)10-13-4-6-14(17)7-5-13/h2-9,16H,10H2,1H3. The summed E-state index contributed by atoms with van der Waals surface area (Å²) in [6.07, 6.45) is 0.181. The zero-order valence-electron chi connectivity index (χ0n) is 11.5. The van der Waals surface area contributed by atoms with E-state index in [1.165, 1.54) is 0 Å². The highest BCUT2D eigenvalue weighted by Crippen LogP contribution is 2.20. The van der Waals surface area contributed by atoms with Gasteiger partial charge in [-0.2, -0.15) is 5.26 Å². The molecule has 0 saturated carbocycles. The summed E-state index contributed by atoms with van der Waals surface area (Å²) in [6, 6.07) is 15.8. The molecule has 21 heavy (non-hydrogen) atoms. The van der Waals surface area contributed by atoms with Crippen molar-refractivity contribution in [2.45, 2.75) is 23.5 Å². The molecule has 5 heteroatoms. The molecule has 0 radical (unpaired) electrons. The number of benzene rings is 2. The number of halogens is 1. The zero-order chi connectivity index (χ0) is 15.5. The van der Waals surface area contributed by atoms with E-state index in [0.29, 0.717) is 0 Å². The maximum absolute atomic E-state index is 12.5. The smallest absolute Gasteiger partial charge is 0.194 e. The number of nitriles is 1. The molecule has 1 unspecified atom stereocenters. The molecule has 1 atom stereocenters. The molecule has 0 amide bonds. The predicted molar refractivity (Wildman–Crippen MR) is 85.6 cm³/mol. The Bertz CT molecular complexity index is 759. The van der Waals surface area contributed by atoms with Crippen molar-refractivity contribution in [3.8, 4) is 6.07 Å². The second-order valence-electron chi connectivity index (χ2n) is 4.81. The molecule has 0 aromatic heterocycles. The third-order valence-corrected chi connectivity index (χ3v) is 5.68. The lowest BCUT2D eigenvalue weighted by Gasteiger charge is -2.11. The lowest BCUT2D eigenvalue weighted by Crippen LogP contribution is -2.22. The average Bonchev–Trinajstić information content (AvgIpc) is 2.47. The number of hydrogen-bond donors (Lipinski definition) is 0. The summed E-state index contributed by atoms with van der Waals surface area (Å²) in [5, 5.41) is 8.17. The minimum Gasteiger partial charge on any atom is -0.222 e. The monoisotopic (exact) mass is 363 g/mol. The fourth-order valence-corrected chi connectivity index (χ4v) is 3.61. The first-order valence-corrected chi connectivity index (χ1v) is 8.72. The summed E-state index contributed by atoms with van der Waals surface area (Å²) in [6.45, 7) is 1.89. The lowest BCUT2D eigenvalue weighted by molar-refractivity contribution is 0.588. The third-order valence-electron chi connectivity index (χ3n) is 3.20. The number of hydrogen-bond acceptors (Lipinski definition) is 3. The van der Waals surface area contributed by atoms with E-state index in [1.807, 2.05) is 37.3 Å². The summed E-state index contributed by atoms with van der Waals surface area (Å²) >= 11 is 3.33. The van der Waals surface area contributed by atoms with Crippen molar-refractivity contribution < 1.29 is 8.42 Å². The first-order chi connectivity index (χ1) is 9.93. The Morgan fingerprint density at radius 1 is 1.10 bits per heavy atom. The Balaban J connectivity index is 2.30. The van der Waals surface area contributed by atoms with Crippen LogP contribution in [-0.2, 0) is 16.3 Å².